The molecule has 0 unspecified atom stereocenters. The Labute approximate surface area is 156 Å². The molecule has 0 saturated heterocycles. The highest BCUT2D eigenvalue weighted by atomic mass is 79.9. The lowest BCUT2D eigenvalue weighted by atomic mass is 10.1. The minimum Gasteiger partial charge on any atom is -0.397 e. The molecule has 0 aliphatic rings. The number of nitrogens with zero attached hydrogens (tertiary/aromatic N) is 1. The van der Waals surface area contributed by atoms with Crippen LogP contribution in [0.25, 0.3) is 10.2 Å². The maximum absolute atomic E-state index is 13.9. The summed E-state index contributed by atoms with van der Waals surface area (Å²) in [5.74, 6) is -1.00. The van der Waals surface area contributed by atoms with Gasteiger partial charge in [-0.2, -0.15) is 0 Å². The highest BCUT2D eigenvalue weighted by molar-refractivity contribution is 9.10. The molecule has 130 valence electrons. The molecule has 0 atom stereocenters. The predicted molar refractivity (Wildman–Crippen MR) is 102 cm³/mol. The van der Waals surface area contributed by atoms with Crippen LogP contribution in [0.5, 0.6) is 0 Å². The number of carbonyl (C=O) groups is 1. The number of amides is 1. The maximum Gasteiger partial charge on any atom is 0.268 e. The van der Waals surface area contributed by atoms with Crippen molar-refractivity contribution in [3.63, 3.8) is 0 Å². The molecule has 1 aromatic carbocycles. The van der Waals surface area contributed by atoms with Crippen molar-refractivity contribution in [1.29, 1.82) is 0 Å². The summed E-state index contributed by atoms with van der Waals surface area (Å²) in [7, 11) is 1.59. The van der Waals surface area contributed by atoms with Gasteiger partial charge in [0.2, 0.25) is 0 Å². The number of carbonyl (C=O) groups excluding carboxylic acids is 1. The molecule has 2 aromatic heterocycles. The third-order valence-corrected chi connectivity index (χ3v) is 5.19. The number of fused-ring (bicyclic) bond motifs is 1. The van der Waals surface area contributed by atoms with Gasteiger partial charge in [-0.3, -0.25) is 4.79 Å². The van der Waals surface area contributed by atoms with Gasteiger partial charge in [0.05, 0.1) is 18.0 Å². The molecule has 0 saturated carbocycles. The molecule has 1 amide bonds. The third kappa shape index (κ3) is 3.51. The molecule has 3 aromatic rings. The van der Waals surface area contributed by atoms with Crippen LogP contribution in [-0.4, -0.2) is 18.0 Å². The standard InChI is InChI=1S/C17H15BrFN3O2S/c1-8-5-9(7-24-2)13-14(20)15(25-17(13)21-8)16(23)22-12-4-3-10(18)6-11(12)19/h3-6H,7,20H2,1-2H3,(H,22,23). The highest BCUT2D eigenvalue weighted by Gasteiger charge is 2.21. The van der Waals surface area contributed by atoms with Gasteiger partial charge in [0.25, 0.3) is 5.91 Å². The van der Waals surface area contributed by atoms with Gasteiger partial charge in [-0.05, 0) is 36.8 Å². The fraction of sp³-hybridized carbons (Fsp3) is 0.176. The lowest BCUT2D eigenvalue weighted by Gasteiger charge is -2.07. The summed E-state index contributed by atoms with van der Waals surface area (Å²) >= 11 is 4.36. The zero-order valence-electron chi connectivity index (χ0n) is 13.5. The van der Waals surface area contributed by atoms with Gasteiger partial charge in [0, 0.05) is 22.7 Å². The Hall–Kier alpha value is -2.03. The van der Waals surface area contributed by atoms with Crippen LogP contribution >= 0.6 is 27.3 Å². The number of hydrogen-bond donors (Lipinski definition) is 2. The van der Waals surface area contributed by atoms with E-state index in [1.807, 2.05) is 13.0 Å². The van der Waals surface area contributed by atoms with Crippen molar-refractivity contribution in [3.05, 3.63) is 50.7 Å². The van der Waals surface area contributed by atoms with Gasteiger partial charge < -0.3 is 15.8 Å². The number of nitrogens with two attached hydrogens (primary N) is 1. The maximum atomic E-state index is 13.9. The van der Waals surface area contributed by atoms with Crippen molar-refractivity contribution < 1.29 is 13.9 Å². The van der Waals surface area contributed by atoms with Gasteiger partial charge in [0.15, 0.2) is 0 Å². The van der Waals surface area contributed by atoms with E-state index in [1.54, 1.807) is 13.2 Å². The van der Waals surface area contributed by atoms with Gasteiger partial charge >= 0.3 is 0 Å². The first kappa shape index (κ1) is 17.8. The van der Waals surface area contributed by atoms with Crippen LogP contribution in [-0.2, 0) is 11.3 Å². The molecular weight excluding hydrogens is 409 g/mol. The first-order chi connectivity index (χ1) is 11.9. The number of anilines is 2. The minimum absolute atomic E-state index is 0.0892. The molecule has 0 aliphatic carbocycles. The number of aromatic nitrogens is 1. The van der Waals surface area contributed by atoms with Crippen LogP contribution in [0.15, 0.2) is 28.7 Å². The fourth-order valence-corrected chi connectivity index (χ4v) is 3.96. The predicted octanol–water partition coefficient (Wildman–Crippen LogP) is 4.49. The van der Waals surface area contributed by atoms with E-state index < -0.39 is 11.7 Å². The van der Waals surface area contributed by atoms with Crippen LogP contribution < -0.4 is 11.1 Å². The summed E-state index contributed by atoms with van der Waals surface area (Å²) in [5, 5.41) is 3.27. The van der Waals surface area contributed by atoms with E-state index in [1.165, 1.54) is 23.5 Å². The van der Waals surface area contributed by atoms with E-state index in [0.29, 0.717) is 31.9 Å². The zero-order valence-corrected chi connectivity index (χ0v) is 15.9. The second-order valence-electron chi connectivity index (χ2n) is 5.46. The number of rotatable bonds is 4. The molecule has 3 N–H and O–H groups in total. The summed E-state index contributed by atoms with van der Waals surface area (Å²) in [4.78, 5) is 18.0. The molecule has 0 spiro atoms. The summed E-state index contributed by atoms with van der Waals surface area (Å²) in [6.07, 6.45) is 0. The Bertz CT molecular complexity index is 974. The Morgan fingerprint density at radius 2 is 2.20 bits per heavy atom. The van der Waals surface area contributed by atoms with Crippen LogP contribution in [0.4, 0.5) is 15.8 Å². The molecule has 0 bridgehead atoms. The number of ether oxygens (including phenoxy) is 1. The monoisotopic (exact) mass is 423 g/mol. The first-order valence-corrected chi connectivity index (χ1v) is 8.95. The van der Waals surface area contributed by atoms with Gasteiger partial charge in [-0.25, -0.2) is 9.37 Å². The Kier molecular flexibility index (Phi) is 5.03. The van der Waals surface area contributed by atoms with Crippen molar-refractivity contribution in [2.45, 2.75) is 13.5 Å². The van der Waals surface area contributed by atoms with Gasteiger partial charge in [-0.15, -0.1) is 11.3 Å². The molecule has 5 nitrogen and oxygen atoms in total. The smallest absolute Gasteiger partial charge is 0.268 e. The number of halogens is 2. The number of pyridine rings is 1. The molecule has 0 fully saturated rings. The van der Waals surface area contributed by atoms with E-state index in [-0.39, 0.29) is 5.69 Å². The number of benzene rings is 1. The zero-order chi connectivity index (χ0) is 18.1. The van der Waals surface area contributed by atoms with Crippen molar-refractivity contribution in [2.24, 2.45) is 0 Å². The van der Waals surface area contributed by atoms with Gasteiger partial charge in [-0.1, -0.05) is 15.9 Å². The average Bonchev–Trinajstić information content (AvgIpc) is 2.87. The van der Waals surface area contributed by atoms with E-state index in [2.05, 4.69) is 26.2 Å². The van der Waals surface area contributed by atoms with Crippen LogP contribution in [0.2, 0.25) is 0 Å². The van der Waals surface area contributed by atoms with Crippen molar-refractivity contribution >= 4 is 54.8 Å². The van der Waals surface area contributed by atoms with Crippen LogP contribution in [0, 0.1) is 12.7 Å². The number of nitrogens with one attached hydrogen (secondary N) is 1. The third-order valence-electron chi connectivity index (χ3n) is 3.59. The topological polar surface area (TPSA) is 77.2 Å². The number of nitrogen functional groups attached to an aromatic ring is 1. The molecule has 0 aliphatic heterocycles. The fourth-order valence-electron chi connectivity index (χ4n) is 2.55. The second-order valence-corrected chi connectivity index (χ2v) is 7.37. The van der Waals surface area contributed by atoms with Crippen molar-refractivity contribution in [3.8, 4) is 0 Å². The number of methoxy groups -OCH3 is 1. The first-order valence-electron chi connectivity index (χ1n) is 7.34. The van der Waals surface area contributed by atoms with E-state index in [4.69, 9.17) is 10.5 Å². The summed E-state index contributed by atoms with van der Waals surface area (Å²) in [6.45, 7) is 2.23. The van der Waals surface area contributed by atoms with Crippen LogP contribution in [0.3, 0.4) is 0 Å². The molecule has 8 heteroatoms. The molecule has 0 radical (unpaired) electrons. The minimum atomic E-state index is -0.531. The summed E-state index contributed by atoms with van der Waals surface area (Å²) in [5.41, 5.74) is 8.29. The van der Waals surface area contributed by atoms with E-state index in [0.717, 1.165) is 11.3 Å². The lowest BCUT2D eigenvalue weighted by Crippen LogP contribution is -2.13. The van der Waals surface area contributed by atoms with Crippen molar-refractivity contribution in [2.75, 3.05) is 18.2 Å². The van der Waals surface area contributed by atoms with E-state index >= 15 is 0 Å². The Morgan fingerprint density at radius 1 is 1.44 bits per heavy atom. The molecule has 3 rings (SSSR count). The molecule has 25 heavy (non-hydrogen) atoms. The lowest BCUT2D eigenvalue weighted by molar-refractivity contribution is 0.103. The van der Waals surface area contributed by atoms with Crippen molar-refractivity contribution in [1.82, 2.24) is 4.98 Å². The molecule has 2 heterocycles. The largest absolute Gasteiger partial charge is 0.397 e. The summed E-state index contributed by atoms with van der Waals surface area (Å²) < 4.78 is 19.7. The van der Waals surface area contributed by atoms with E-state index in [9.17, 15) is 9.18 Å². The van der Waals surface area contributed by atoms with Gasteiger partial charge in [0.1, 0.15) is 15.5 Å². The second kappa shape index (κ2) is 7.07. The number of aryl methyl sites for hydroxylation is 1. The normalized spacial score (nSPS) is 11.0. The average molecular weight is 424 g/mol. The molecular formula is C17H15BrFN3O2S. The highest BCUT2D eigenvalue weighted by Crippen LogP contribution is 2.36. The number of thiophene rings is 1. The quantitative estimate of drug-likeness (QED) is 0.647. The Balaban J connectivity index is 2.02. The number of hydrogen-bond acceptors (Lipinski definition) is 5. The SMILES string of the molecule is COCc1cc(C)nc2sc(C(=O)Nc3ccc(Br)cc3F)c(N)c12. The summed E-state index contributed by atoms with van der Waals surface area (Å²) in [6, 6.07) is 6.30. The Morgan fingerprint density at radius 3 is 2.88 bits per heavy atom. The van der Waals surface area contributed by atoms with Crippen LogP contribution in [0.1, 0.15) is 20.9 Å².